The maximum absolute atomic E-state index is 15.6. The Labute approximate surface area is 257 Å². The number of rotatable bonds is 6. The lowest BCUT2D eigenvalue weighted by Gasteiger charge is -2.29. The largest absolute Gasteiger partial charge is 0.446 e. The van der Waals surface area contributed by atoms with Gasteiger partial charge in [0.05, 0.1) is 24.3 Å². The maximum atomic E-state index is 15.6. The van der Waals surface area contributed by atoms with Crippen LogP contribution in [-0.4, -0.2) is 67.2 Å². The summed E-state index contributed by atoms with van der Waals surface area (Å²) >= 11 is 0. The summed E-state index contributed by atoms with van der Waals surface area (Å²) in [4.78, 5) is 37.7. The number of nitrogens with zero attached hydrogens (tertiary/aromatic N) is 5. The second-order valence-electron chi connectivity index (χ2n) is 10.5. The van der Waals surface area contributed by atoms with Gasteiger partial charge in [0.15, 0.2) is 5.82 Å². The molecule has 12 heteroatoms. The van der Waals surface area contributed by atoms with Gasteiger partial charge in [-0.25, -0.2) is 19.2 Å². The molecule has 0 unspecified atom stereocenters. The van der Waals surface area contributed by atoms with Crippen LogP contribution in [0, 0.1) is 17.1 Å². The Bertz CT molecular complexity index is 1940. The van der Waals surface area contributed by atoms with E-state index < -0.39 is 11.8 Å². The molecule has 226 valence electrons. The molecule has 11 nitrogen and oxygen atoms in total. The van der Waals surface area contributed by atoms with Gasteiger partial charge in [0.25, 0.3) is 5.91 Å². The van der Waals surface area contributed by atoms with Crippen molar-refractivity contribution in [2.24, 2.45) is 0 Å². The number of furan rings is 1. The predicted molar refractivity (Wildman–Crippen MR) is 167 cm³/mol. The number of carbonyl (C=O) groups is 2. The second kappa shape index (κ2) is 12.4. The number of ether oxygens (including phenoxy) is 1. The van der Waals surface area contributed by atoms with Crippen molar-refractivity contribution in [2.45, 2.75) is 0 Å². The second-order valence-corrected chi connectivity index (χ2v) is 10.5. The van der Waals surface area contributed by atoms with Crippen molar-refractivity contribution < 1.29 is 23.1 Å². The van der Waals surface area contributed by atoms with E-state index in [-0.39, 0.29) is 28.7 Å². The van der Waals surface area contributed by atoms with Crippen molar-refractivity contribution >= 4 is 40.0 Å². The van der Waals surface area contributed by atoms with Crippen LogP contribution in [0.5, 0.6) is 0 Å². The van der Waals surface area contributed by atoms with Crippen LogP contribution in [-0.2, 0) is 4.74 Å². The summed E-state index contributed by atoms with van der Waals surface area (Å²) in [5.74, 6) is 0.773. The van der Waals surface area contributed by atoms with Crippen LogP contribution in [0.1, 0.15) is 16.1 Å². The van der Waals surface area contributed by atoms with Crippen molar-refractivity contribution in [1.29, 1.82) is 5.26 Å². The minimum atomic E-state index is -0.618. The molecule has 1 fully saturated rings. The van der Waals surface area contributed by atoms with Crippen molar-refractivity contribution in [3.05, 3.63) is 89.9 Å². The van der Waals surface area contributed by atoms with E-state index >= 15 is 4.39 Å². The van der Waals surface area contributed by atoms with Crippen molar-refractivity contribution in [1.82, 2.24) is 14.9 Å². The van der Waals surface area contributed by atoms with Crippen LogP contribution < -0.4 is 15.5 Å². The van der Waals surface area contributed by atoms with Crippen LogP contribution in [0.2, 0.25) is 0 Å². The van der Waals surface area contributed by atoms with Gasteiger partial charge in [-0.2, -0.15) is 5.26 Å². The number of urea groups is 1. The highest BCUT2D eigenvalue weighted by Crippen LogP contribution is 2.33. The Morgan fingerprint density at radius 3 is 2.36 bits per heavy atom. The highest BCUT2D eigenvalue weighted by atomic mass is 19.1. The standard InChI is InChI=1S/C33H28FN7O4/c1-40(2)32(42)20-3-6-22(7-4-20)36-33(43)37-23-8-11-25(27(34)18-23)30-38-28-17-21(29-12-9-24(19-35)45-29)5-10-26(28)31(39-30)41-13-15-44-16-14-41/h3-12,17-18H,13-16H2,1-2H3,(H2,36,37,43). The number of fused-ring (bicyclic) bond motifs is 1. The Morgan fingerprint density at radius 1 is 0.933 bits per heavy atom. The van der Waals surface area contributed by atoms with Gasteiger partial charge >= 0.3 is 6.03 Å². The van der Waals surface area contributed by atoms with Gasteiger partial charge in [-0.05, 0) is 66.7 Å². The number of benzene rings is 3. The topological polar surface area (TPSA) is 137 Å². The Balaban J connectivity index is 1.27. The van der Waals surface area contributed by atoms with Gasteiger partial charge in [0.2, 0.25) is 5.76 Å². The first kappa shape index (κ1) is 29.3. The minimum absolute atomic E-state index is 0.152. The quantitative estimate of drug-likeness (QED) is 0.250. The van der Waals surface area contributed by atoms with E-state index in [2.05, 4.69) is 15.5 Å². The normalized spacial score (nSPS) is 12.9. The highest BCUT2D eigenvalue weighted by Gasteiger charge is 2.21. The molecule has 2 aromatic heterocycles. The molecule has 0 spiro atoms. The summed E-state index contributed by atoms with van der Waals surface area (Å²) in [6.07, 6.45) is 0. The van der Waals surface area contributed by atoms with Crippen molar-refractivity contribution in [2.75, 3.05) is 55.9 Å². The summed E-state index contributed by atoms with van der Waals surface area (Å²) < 4.78 is 26.7. The molecule has 1 aliphatic rings. The van der Waals surface area contributed by atoms with Gasteiger partial charge in [0.1, 0.15) is 23.5 Å². The van der Waals surface area contributed by atoms with Gasteiger partial charge < -0.3 is 29.6 Å². The van der Waals surface area contributed by atoms with Gasteiger partial charge in [0, 0.05) is 55.1 Å². The average Bonchev–Trinajstić information content (AvgIpc) is 3.54. The first-order valence-corrected chi connectivity index (χ1v) is 14.1. The number of carbonyl (C=O) groups excluding carboxylic acids is 2. The van der Waals surface area contributed by atoms with Crippen LogP contribution in [0.15, 0.2) is 77.2 Å². The van der Waals surface area contributed by atoms with E-state index in [1.54, 1.807) is 56.6 Å². The van der Waals surface area contributed by atoms with Crippen LogP contribution in [0.3, 0.4) is 0 Å². The summed E-state index contributed by atoms with van der Waals surface area (Å²) in [5.41, 5.74) is 2.64. The smallest absolute Gasteiger partial charge is 0.323 e. The van der Waals surface area contributed by atoms with Crippen molar-refractivity contribution in [3.8, 4) is 28.8 Å². The lowest BCUT2D eigenvalue weighted by molar-refractivity contribution is 0.0827. The molecule has 2 N–H and O–H groups in total. The number of aromatic nitrogens is 2. The average molecular weight is 606 g/mol. The third-order valence-corrected chi connectivity index (χ3v) is 7.25. The summed E-state index contributed by atoms with van der Waals surface area (Å²) in [6.45, 7) is 2.31. The molecule has 0 atom stereocenters. The molecule has 3 amide bonds. The number of amides is 3. The summed E-state index contributed by atoms with van der Waals surface area (Å²) in [6, 6.07) is 21.1. The van der Waals surface area contributed by atoms with Crippen LogP contribution >= 0.6 is 0 Å². The Hall–Kier alpha value is -5.80. The summed E-state index contributed by atoms with van der Waals surface area (Å²) in [5, 5.41) is 15.2. The maximum Gasteiger partial charge on any atom is 0.323 e. The van der Waals surface area contributed by atoms with E-state index in [9.17, 15) is 9.59 Å². The first-order chi connectivity index (χ1) is 21.8. The number of nitriles is 1. The van der Waals surface area contributed by atoms with Gasteiger partial charge in [-0.15, -0.1) is 0 Å². The fourth-order valence-electron chi connectivity index (χ4n) is 4.98. The van der Waals surface area contributed by atoms with E-state index in [4.69, 9.17) is 24.4 Å². The molecule has 45 heavy (non-hydrogen) atoms. The number of hydrogen-bond acceptors (Lipinski definition) is 8. The molecule has 6 rings (SSSR count). The monoisotopic (exact) mass is 605 g/mol. The molecule has 5 aromatic rings. The molecule has 0 bridgehead atoms. The molecule has 0 saturated carbocycles. The van der Waals surface area contributed by atoms with E-state index in [0.29, 0.717) is 60.2 Å². The molecule has 0 radical (unpaired) electrons. The Morgan fingerprint density at radius 2 is 1.67 bits per heavy atom. The van der Waals surface area contributed by atoms with Gasteiger partial charge in [-0.3, -0.25) is 4.79 Å². The fraction of sp³-hybridized carbons (Fsp3) is 0.182. The first-order valence-electron chi connectivity index (χ1n) is 14.1. The Kier molecular flexibility index (Phi) is 8.09. The molecule has 1 saturated heterocycles. The van der Waals surface area contributed by atoms with Crippen LogP contribution in [0.25, 0.3) is 33.6 Å². The zero-order chi connectivity index (χ0) is 31.5. The SMILES string of the molecule is CN(C)C(=O)c1ccc(NC(=O)Nc2ccc(-c3nc(N4CCOCC4)c4ccc(-c5ccc(C#N)o5)cc4n3)c(F)c2)cc1. The van der Waals surface area contributed by atoms with Crippen molar-refractivity contribution in [3.63, 3.8) is 0 Å². The predicted octanol–water partition coefficient (Wildman–Crippen LogP) is 5.75. The molecule has 3 heterocycles. The lowest BCUT2D eigenvalue weighted by Crippen LogP contribution is -2.37. The third-order valence-electron chi connectivity index (χ3n) is 7.25. The number of anilines is 3. The zero-order valence-electron chi connectivity index (χ0n) is 24.5. The molecular formula is C33H28FN7O4. The van der Waals surface area contributed by atoms with Gasteiger partial charge in [-0.1, -0.05) is 6.07 Å². The molecule has 1 aliphatic heterocycles. The van der Waals surface area contributed by atoms with E-state index in [1.165, 1.54) is 17.0 Å². The van der Waals surface area contributed by atoms with E-state index in [1.807, 2.05) is 24.3 Å². The lowest BCUT2D eigenvalue weighted by atomic mass is 10.1. The molecule has 0 aliphatic carbocycles. The molecule has 3 aromatic carbocycles. The number of halogens is 1. The molecular weight excluding hydrogens is 577 g/mol. The number of morpholine rings is 1. The minimum Gasteiger partial charge on any atom is -0.446 e. The van der Waals surface area contributed by atoms with Crippen LogP contribution in [0.4, 0.5) is 26.4 Å². The number of hydrogen-bond donors (Lipinski definition) is 2. The third kappa shape index (κ3) is 6.29. The highest BCUT2D eigenvalue weighted by molar-refractivity contribution is 6.01. The summed E-state index contributed by atoms with van der Waals surface area (Å²) in [7, 11) is 3.32. The fourth-order valence-corrected chi connectivity index (χ4v) is 4.98. The number of nitrogens with one attached hydrogen (secondary N) is 2. The van der Waals surface area contributed by atoms with E-state index in [0.717, 1.165) is 5.39 Å². The zero-order valence-corrected chi connectivity index (χ0v) is 24.5.